The van der Waals surface area contributed by atoms with Gasteiger partial charge in [0.1, 0.15) is 5.75 Å². The largest absolute Gasteiger partial charge is 0.494 e. The maximum absolute atomic E-state index is 13.1. The molecule has 130 valence electrons. The van der Waals surface area contributed by atoms with E-state index in [4.69, 9.17) is 25.8 Å². The number of nitrogens with zero attached hydrogens (tertiary/aromatic N) is 1. The van der Waals surface area contributed by atoms with Crippen molar-refractivity contribution in [1.82, 2.24) is 0 Å². The number of benzene rings is 2. The maximum atomic E-state index is 13.1. The van der Waals surface area contributed by atoms with Crippen molar-refractivity contribution in [1.29, 1.82) is 0 Å². The lowest BCUT2D eigenvalue weighted by Gasteiger charge is -2.22. The van der Waals surface area contributed by atoms with Crippen LogP contribution in [0.15, 0.2) is 42.5 Å². The average molecular weight is 360 g/mol. The Balaban J connectivity index is 1.67. The number of rotatable bonds is 4. The highest BCUT2D eigenvalue weighted by atomic mass is 35.5. The van der Waals surface area contributed by atoms with Crippen LogP contribution in [0.4, 0.5) is 5.69 Å². The summed E-state index contributed by atoms with van der Waals surface area (Å²) < 4.78 is 16.9. The molecular formula is C19H18ClNO4. The molecule has 5 nitrogen and oxygen atoms in total. The summed E-state index contributed by atoms with van der Waals surface area (Å²) in [6, 6.07) is 13.1. The van der Waals surface area contributed by atoms with Crippen LogP contribution in [-0.2, 0) is 26.6 Å². The quantitative estimate of drug-likeness (QED) is 0.838. The molecule has 0 saturated carbocycles. The van der Waals surface area contributed by atoms with E-state index in [0.29, 0.717) is 37.0 Å². The molecule has 1 amide bonds. The van der Waals surface area contributed by atoms with Gasteiger partial charge in [0.15, 0.2) is 0 Å². The fourth-order valence-electron chi connectivity index (χ4n) is 3.30. The first-order chi connectivity index (χ1) is 12.1. The summed E-state index contributed by atoms with van der Waals surface area (Å²) in [5.74, 6) is -0.757. The molecule has 2 aromatic rings. The number of hydrogen-bond acceptors (Lipinski definition) is 4. The van der Waals surface area contributed by atoms with E-state index in [2.05, 4.69) is 0 Å². The Kier molecular flexibility index (Phi) is 4.15. The van der Waals surface area contributed by atoms with Crippen molar-refractivity contribution in [2.45, 2.75) is 19.3 Å². The fraction of sp³-hybridized carbons (Fsp3) is 0.316. The smallest absolute Gasteiger partial charge is 0.292 e. The molecule has 2 heterocycles. The highest BCUT2D eigenvalue weighted by molar-refractivity contribution is 6.31. The second-order valence-electron chi connectivity index (χ2n) is 5.94. The van der Waals surface area contributed by atoms with Crippen LogP contribution in [0.25, 0.3) is 0 Å². The number of carbonyl (C=O) groups is 1. The molecule has 25 heavy (non-hydrogen) atoms. The SMILES string of the molecule is CCOc1ccc(CN2C(=O)C3(OCCO3)c3cc(Cl)ccc32)cc1. The van der Waals surface area contributed by atoms with Crippen molar-refractivity contribution in [2.75, 3.05) is 24.7 Å². The number of anilines is 1. The lowest BCUT2D eigenvalue weighted by Crippen LogP contribution is -2.40. The number of hydrogen-bond donors (Lipinski definition) is 0. The molecule has 1 saturated heterocycles. The first-order valence-corrected chi connectivity index (χ1v) is 8.63. The molecule has 0 radical (unpaired) electrons. The van der Waals surface area contributed by atoms with Crippen LogP contribution in [0.1, 0.15) is 18.1 Å². The Labute approximate surface area is 151 Å². The molecule has 0 atom stereocenters. The van der Waals surface area contributed by atoms with Gasteiger partial charge in [-0.15, -0.1) is 0 Å². The van der Waals surface area contributed by atoms with Crippen LogP contribution in [0.3, 0.4) is 0 Å². The van der Waals surface area contributed by atoms with E-state index in [1.807, 2.05) is 37.3 Å². The molecule has 1 spiro atoms. The normalized spacial score (nSPS) is 18.0. The molecule has 2 aliphatic rings. The highest BCUT2D eigenvalue weighted by Gasteiger charge is 2.56. The number of halogens is 1. The number of fused-ring (bicyclic) bond motifs is 2. The summed E-state index contributed by atoms with van der Waals surface area (Å²) in [5, 5.41) is 0.549. The van der Waals surface area contributed by atoms with Gasteiger partial charge in [0.05, 0.1) is 32.1 Å². The average Bonchev–Trinajstić information content (AvgIpc) is 3.19. The third-order valence-electron chi connectivity index (χ3n) is 4.40. The molecule has 6 heteroatoms. The van der Waals surface area contributed by atoms with Crippen molar-refractivity contribution in [2.24, 2.45) is 0 Å². The van der Waals surface area contributed by atoms with Crippen LogP contribution in [0.2, 0.25) is 5.02 Å². The zero-order valence-corrected chi connectivity index (χ0v) is 14.6. The Morgan fingerprint density at radius 2 is 1.88 bits per heavy atom. The number of ether oxygens (including phenoxy) is 3. The van der Waals surface area contributed by atoms with Crippen molar-refractivity contribution < 1.29 is 19.0 Å². The standard InChI is InChI=1S/C19H18ClNO4/c1-2-23-15-6-3-13(4-7-15)12-21-17-8-5-14(20)11-16(17)19(18(21)22)24-9-10-25-19/h3-8,11H,2,9-10,12H2,1H3. The van der Waals surface area contributed by atoms with Gasteiger partial charge in [0.25, 0.3) is 11.7 Å². The summed E-state index contributed by atoms with van der Waals surface area (Å²) in [5.41, 5.74) is 2.44. The van der Waals surface area contributed by atoms with Crippen LogP contribution < -0.4 is 9.64 Å². The topological polar surface area (TPSA) is 48.0 Å². The van der Waals surface area contributed by atoms with Crippen molar-refractivity contribution in [3.05, 3.63) is 58.6 Å². The molecule has 0 bridgehead atoms. The van der Waals surface area contributed by atoms with Gasteiger partial charge in [-0.05, 0) is 42.8 Å². The van der Waals surface area contributed by atoms with Crippen molar-refractivity contribution >= 4 is 23.2 Å². The summed E-state index contributed by atoms with van der Waals surface area (Å²) in [6.07, 6.45) is 0. The first-order valence-electron chi connectivity index (χ1n) is 8.26. The molecule has 0 aromatic heterocycles. The van der Waals surface area contributed by atoms with E-state index in [9.17, 15) is 4.79 Å². The monoisotopic (exact) mass is 359 g/mol. The zero-order valence-electron chi connectivity index (χ0n) is 13.8. The third kappa shape index (κ3) is 2.68. The van der Waals surface area contributed by atoms with Gasteiger partial charge in [-0.25, -0.2) is 0 Å². The second-order valence-corrected chi connectivity index (χ2v) is 6.38. The second kappa shape index (κ2) is 6.33. The summed E-state index contributed by atoms with van der Waals surface area (Å²) >= 11 is 6.13. The van der Waals surface area contributed by atoms with E-state index in [0.717, 1.165) is 17.0 Å². The Bertz CT molecular complexity index is 800. The van der Waals surface area contributed by atoms with E-state index in [1.165, 1.54) is 0 Å². The molecule has 1 fully saturated rings. The summed E-state index contributed by atoms with van der Waals surface area (Å²) in [4.78, 5) is 14.8. The van der Waals surface area contributed by atoms with Gasteiger partial charge < -0.3 is 19.1 Å². The molecular weight excluding hydrogens is 342 g/mol. The first kappa shape index (κ1) is 16.4. The van der Waals surface area contributed by atoms with Gasteiger partial charge >= 0.3 is 0 Å². The fourth-order valence-corrected chi connectivity index (χ4v) is 3.47. The minimum atomic E-state index is -1.36. The molecule has 0 N–H and O–H groups in total. The van der Waals surface area contributed by atoms with Crippen molar-refractivity contribution in [3.63, 3.8) is 0 Å². The third-order valence-corrected chi connectivity index (χ3v) is 4.63. The number of carbonyl (C=O) groups excluding carboxylic acids is 1. The molecule has 2 aliphatic heterocycles. The van der Waals surface area contributed by atoms with Gasteiger partial charge in [-0.1, -0.05) is 23.7 Å². The van der Waals surface area contributed by atoms with Gasteiger partial charge in [0, 0.05) is 10.6 Å². The highest BCUT2D eigenvalue weighted by Crippen LogP contribution is 2.47. The van der Waals surface area contributed by atoms with E-state index in [1.54, 1.807) is 17.0 Å². The Morgan fingerprint density at radius 3 is 2.56 bits per heavy atom. The van der Waals surface area contributed by atoms with Crippen LogP contribution in [0, 0.1) is 0 Å². The molecule has 0 aliphatic carbocycles. The van der Waals surface area contributed by atoms with Gasteiger partial charge in [-0.2, -0.15) is 0 Å². The summed E-state index contributed by atoms with van der Waals surface area (Å²) in [7, 11) is 0. The predicted octanol–water partition coefficient (Wildman–Crippen LogP) is 3.49. The van der Waals surface area contributed by atoms with Crippen molar-refractivity contribution in [3.8, 4) is 5.75 Å². The van der Waals surface area contributed by atoms with Gasteiger partial charge in [0.2, 0.25) is 0 Å². The Hall–Kier alpha value is -2.08. The zero-order chi connectivity index (χ0) is 17.4. The number of amides is 1. The molecule has 2 aromatic carbocycles. The van der Waals surface area contributed by atoms with E-state index >= 15 is 0 Å². The van der Waals surface area contributed by atoms with E-state index < -0.39 is 5.79 Å². The minimum absolute atomic E-state index is 0.212. The van der Waals surface area contributed by atoms with E-state index in [-0.39, 0.29) is 5.91 Å². The lowest BCUT2D eigenvalue weighted by molar-refractivity contribution is -0.180. The minimum Gasteiger partial charge on any atom is -0.494 e. The predicted molar refractivity (Wildman–Crippen MR) is 93.8 cm³/mol. The Morgan fingerprint density at radius 1 is 1.16 bits per heavy atom. The van der Waals surface area contributed by atoms with Gasteiger partial charge in [-0.3, -0.25) is 4.79 Å². The maximum Gasteiger partial charge on any atom is 0.292 e. The van der Waals surface area contributed by atoms with Crippen LogP contribution >= 0.6 is 11.6 Å². The van der Waals surface area contributed by atoms with Crippen LogP contribution in [0.5, 0.6) is 5.75 Å². The lowest BCUT2D eigenvalue weighted by atomic mass is 10.1. The molecule has 4 rings (SSSR count). The summed E-state index contributed by atoms with van der Waals surface area (Å²) in [6.45, 7) is 3.76. The molecule has 0 unspecified atom stereocenters. The van der Waals surface area contributed by atoms with Crippen LogP contribution in [-0.4, -0.2) is 25.7 Å².